The third-order valence-corrected chi connectivity index (χ3v) is 3.01. The van der Waals surface area contributed by atoms with Crippen molar-refractivity contribution < 1.29 is 9.90 Å². The predicted octanol–water partition coefficient (Wildman–Crippen LogP) is 3.87. The van der Waals surface area contributed by atoms with E-state index in [1.165, 1.54) is 25.7 Å². The highest BCUT2D eigenvalue weighted by Gasteiger charge is 2.11. The molecule has 0 aliphatic heterocycles. The average molecular weight is 212 g/mol. The molecule has 2 atom stereocenters. The fourth-order valence-electron chi connectivity index (χ4n) is 1.61. The highest BCUT2D eigenvalue weighted by Crippen LogP contribution is 2.20. The van der Waals surface area contributed by atoms with Gasteiger partial charge in [-0.1, -0.05) is 52.5 Å². The molecule has 0 aliphatic rings. The van der Waals surface area contributed by atoms with Gasteiger partial charge in [0, 0.05) is 5.57 Å². The van der Waals surface area contributed by atoms with Gasteiger partial charge < -0.3 is 5.11 Å². The molecule has 0 bridgehead atoms. The van der Waals surface area contributed by atoms with Gasteiger partial charge in [0.2, 0.25) is 0 Å². The summed E-state index contributed by atoms with van der Waals surface area (Å²) in [6, 6.07) is 0. The van der Waals surface area contributed by atoms with Crippen molar-refractivity contribution in [1.29, 1.82) is 0 Å². The van der Waals surface area contributed by atoms with Gasteiger partial charge in [0.05, 0.1) is 0 Å². The standard InChI is InChI=1S/C13H24O2/c1-5-6-7-8-10(2)11(3)9-12(4)13(14)15/h9-11H,5-8H2,1-4H3,(H,14,15). The zero-order chi connectivity index (χ0) is 11.8. The van der Waals surface area contributed by atoms with Gasteiger partial charge >= 0.3 is 5.97 Å². The van der Waals surface area contributed by atoms with Crippen LogP contribution in [0.4, 0.5) is 0 Å². The summed E-state index contributed by atoms with van der Waals surface area (Å²) in [5, 5.41) is 8.76. The molecule has 0 rings (SSSR count). The quantitative estimate of drug-likeness (QED) is 0.514. The van der Waals surface area contributed by atoms with Gasteiger partial charge in [-0.25, -0.2) is 4.79 Å². The topological polar surface area (TPSA) is 37.3 Å². The summed E-state index contributed by atoms with van der Waals surface area (Å²) < 4.78 is 0. The van der Waals surface area contributed by atoms with E-state index in [2.05, 4.69) is 20.8 Å². The second-order valence-corrected chi connectivity index (χ2v) is 4.49. The van der Waals surface area contributed by atoms with Crippen molar-refractivity contribution in [2.45, 2.75) is 53.4 Å². The number of rotatable bonds is 7. The van der Waals surface area contributed by atoms with E-state index in [0.717, 1.165) is 0 Å². The van der Waals surface area contributed by atoms with E-state index in [9.17, 15) is 4.79 Å². The maximum Gasteiger partial charge on any atom is 0.330 e. The lowest BCUT2D eigenvalue weighted by Gasteiger charge is -2.16. The fourth-order valence-corrected chi connectivity index (χ4v) is 1.61. The molecule has 88 valence electrons. The van der Waals surface area contributed by atoms with Crippen LogP contribution in [0.5, 0.6) is 0 Å². The predicted molar refractivity (Wildman–Crippen MR) is 63.9 cm³/mol. The van der Waals surface area contributed by atoms with Crippen LogP contribution in [-0.2, 0) is 4.79 Å². The molecule has 0 heterocycles. The van der Waals surface area contributed by atoms with Crippen molar-refractivity contribution in [2.24, 2.45) is 11.8 Å². The minimum atomic E-state index is -0.803. The number of hydrogen-bond acceptors (Lipinski definition) is 1. The highest BCUT2D eigenvalue weighted by molar-refractivity contribution is 5.85. The molecule has 2 unspecified atom stereocenters. The number of hydrogen-bond donors (Lipinski definition) is 1. The molecular formula is C13H24O2. The van der Waals surface area contributed by atoms with Gasteiger partial charge in [0.1, 0.15) is 0 Å². The summed E-state index contributed by atoms with van der Waals surface area (Å²) in [5.41, 5.74) is 0.463. The number of carboxylic acids is 1. The number of allylic oxidation sites excluding steroid dienone is 1. The first-order valence-corrected chi connectivity index (χ1v) is 5.90. The molecule has 0 aliphatic carbocycles. The Bertz CT molecular complexity index is 219. The lowest BCUT2D eigenvalue weighted by Crippen LogP contribution is -2.08. The molecule has 0 aromatic carbocycles. The summed E-state index contributed by atoms with van der Waals surface area (Å²) in [7, 11) is 0. The summed E-state index contributed by atoms with van der Waals surface area (Å²) >= 11 is 0. The molecule has 2 heteroatoms. The van der Waals surface area contributed by atoms with Crippen molar-refractivity contribution in [1.82, 2.24) is 0 Å². The smallest absolute Gasteiger partial charge is 0.330 e. The molecule has 0 saturated heterocycles. The van der Waals surface area contributed by atoms with Crippen LogP contribution in [-0.4, -0.2) is 11.1 Å². The first-order valence-electron chi connectivity index (χ1n) is 5.90. The van der Waals surface area contributed by atoms with Gasteiger partial charge in [-0.15, -0.1) is 0 Å². The lowest BCUT2D eigenvalue weighted by molar-refractivity contribution is -0.132. The van der Waals surface area contributed by atoms with Crippen LogP contribution in [0.3, 0.4) is 0 Å². The van der Waals surface area contributed by atoms with E-state index >= 15 is 0 Å². The van der Waals surface area contributed by atoms with Crippen LogP contribution >= 0.6 is 0 Å². The van der Waals surface area contributed by atoms with E-state index in [-0.39, 0.29) is 0 Å². The highest BCUT2D eigenvalue weighted by atomic mass is 16.4. The zero-order valence-electron chi connectivity index (χ0n) is 10.4. The Balaban J connectivity index is 4.03. The van der Waals surface area contributed by atoms with Gasteiger partial charge in [-0.2, -0.15) is 0 Å². The Morgan fingerprint density at radius 2 is 1.93 bits per heavy atom. The SMILES string of the molecule is CCCCCC(C)C(C)C=C(C)C(=O)O. The van der Waals surface area contributed by atoms with Crippen molar-refractivity contribution in [3.63, 3.8) is 0 Å². The Morgan fingerprint density at radius 3 is 2.40 bits per heavy atom. The van der Waals surface area contributed by atoms with Crippen LogP contribution in [0.25, 0.3) is 0 Å². The van der Waals surface area contributed by atoms with E-state index in [1.807, 2.05) is 6.08 Å². The molecule has 2 nitrogen and oxygen atoms in total. The van der Waals surface area contributed by atoms with Gasteiger partial charge in [-0.05, 0) is 18.8 Å². The first-order chi connectivity index (χ1) is 6.99. The van der Waals surface area contributed by atoms with Crippen LogP contribution < -0.4 is 0 Å². The third-order valence-electron chi connectivity index (χ3n) is 3.01. The average Bonchev–Trinajstić information content (AvgIpc) is 2.17. The van der Waals surface area contributed by atoms with Crippen molar-refractivity contribution in [2.75, 3.05) is 0 Å². The van der Waals surface area contributed by atoms with E-state index in [1.54, 1.807) is 6.92 Å². The normalized spacial score (nSPS) is 16.1. The van der Waals surface area contributed by atoms with Crippen LogP contribution in [0.1, 0.15) is 53.4 Å². The maximum absolute atomic E-state index is 10.6. The van der Waals surface area contributed by atoms with Gasteiger partial charge in [0.15, 0.2) is 0 Å². The lowest BCUT2D eigenvalue weighted by atomic mass is 9.89. The Kier molecular flexibility index (Phi) is 7.10. The van der Waals surface area contributed by atoms with E-state index < -0.39 is 5.97 Å². The summed E-state index contributed by atoms with van der Waals surface area (Å²) in [6.07, 6.45) is 6.84. The number of unbranched alkanes of at least 4 members (excludes halogenated alkanes) is 2. The molecule has 0 amide bonds. The third kappa shape index (κ3) is 6.32. The molecule has 0 radical (unpaired) electrons. The summed E-state index contributed by atoms with van der Waals surface area (Å²) in [4.78, 5) is 10.6. The molecule has 1 N–H and O–H groups in total. The minimum absolute atomic E-state index is 0.359. The molecule has 15 heavy (non-hydrogen) atoms. The van der Waals surface area contributed by atoms with Crippen molar-refractivity contribution in [3.05, 3.63) is 11.6 Å². The molecule has 0 spiro atoms. The van der Waals surface area contributed by atoms with Gasteiger partial charge in [0.25, 0.3) is 0 Å². The second kappa shape index (κ2) is 7.49. The minimum Gasteiger partial charge on any atom is -0.478 e. The zero-order valence-corrected chi connectivity index (χ0v) is 10.4. The van der Waals surface area contributed by atoms with Crippen LogP contribution in [0, 0.1) is 11.8 Å². The number of carboxylic acid groups (broad SMARTS) is 1. The fraction of sp³-hybridized carbons (Fsp3) is 0.769. The summed E-state index contributed by atoms with van der Waals surface area (Å²) in [6.45, 7) is 8.16. The van der Waals surface area contributed by atoms with E-state index in [4.69, 9.17) is 5.11 Å². The Hall–Kier alpha value is -0.790. The molecule has 0 saturated carbocycles. The number of carbonyl (C=O) groups is 1. The van der Waals surface area contributed by atoms with Crippen LogP contribution in [0.2, 0.25) is 0 Å². The summed E-state index contributed by atoms with van der Waals surface area (Å²) in [5.74, 6) is 0.131. The Morgan fingerprint density at radius 1 is 1.33 bits per heavy atom. The largest absolute Gasteiger partial charge is 0.478 e. The first kappa shape index (κ1) is 14.2. The number of aliphatic carboxylic acids is 1. The van der Waals surface area contributed by atoms with Gasteiger partial charge in [-0.3, -0.25) is 0 Å². The maximum atomic E-state index is 10.6. The van der Waals surface area contributed by atoms with Crippen molar-refractivity contribution in [3.8, 4) is 0 Å². The molecule has 0 aromatic heterocycles. The molecule has 0 fully saturated rings. The van der Waals surface area contributed by atoms with E-state index in [0.29, 0.717) is 17.4 Å². The monoisotopic (exact) mass is 212 g/mol. The second-order valence-electron chi connectivity index (χ2n) is 4.49. The Labute approximate surface area is 93.4 Å². The molecule has 0 aromatic rings. The molecular weight excluding hydrogens is 188 g/mol. The van der Waals surface area contributed by atoms with Crippen molar-refractivity contribution >= 4 is 5.97 Å². The van der Waals surface area contributed by atoms with Crippen LogP contribution in [0.15, 0.2) is 11.6 Å².